The van der Waals surface area contributed by atoms with Crippen molar-refractivity contribution >= 4 is 55.0 Å². The van der Waals surface area contributed by atoms with Gasteiger partial charge >= 0.3 is 0 Å². The average molecular weight is 526 g/mol. The topological polar surface area (TPSA) is 34.1 Å². The third kappa shape index (κ3) is 4.92. The molecule has 2 rings (SSSR count). The largest absolute Gasteiger partial charge is 0.228 e. The minimum absolute atomic E-state index is 0.0910. The van der Waals surface area contributed by atoms with Gasteiger partial charge in [0.05, 0.1) is 11.5 Å². The van der Waals surface area contributed by atoms with E-state index in [0.717, 1.165) is 18.3 Å². The number of hydrogen-bond donors (Lipinski definition) is 0. The first-order chi connectivity index (χ1) is 9.77. The maximum atomic E-state index is 12.4. The second-order valence-corrected chi connectivity index (χ2v) is 9.59. The summed E-state index contributed by atoms with van der Waals surface area (Å²) in [6.07, 6.45) is 0. The molecule has 2 nitrogen and oxygen atoms in total. The number of halogens is 2. The summed E-state index contributed by atoms with van der Waals surface area (Å²) in [6, 6.07) is 11.6. The molecular formula is C16H16I2O2S. The molecule has 0 saturated carbocycles. The van der Waals surface area contributed by atoms with Gasteiger partial charge in [0.1, 0.15) is 0 Å². The third-order valence-electron chi connectivity index (χ3n) is 3.25. The van der Waals surface area contributed by atoms with Gasteiger partial charge in [0.2, 0.25) is 0 Å². The van der Waals surface area contributed by atoms with Crippen molar-refractivity contribution in [2.24, 2.45) is 0 Å². The Morgan fingerprint density at radius 2 is 1.19 bits per heavy atom. The van der Waals surface area contributed by atoms with Gasteiger partial charge in [-0.2, -0.15) is 0 Å². The predicted molar refractivity (Wildman–Crippen MR) is 104 cm³/mol. The zero-order valence-corrected chi connectivity index (χ0v) is 17.0. The zero-order chi connectivity index (χ0) is 15.6. The minimum atomic E-state index is -3.15. The van der Waals surface area contributed by atoms with E-state index in [1.807, 2.05) is 50.2 Å². The van der Waals surface area contributed by atoms with Gasteiger partial charge in [-0.25, -0.2) is 8.42 Å². The van der Waals surface area contributed by atoms with Crippen LogP contribution in [0, 0.1) is 21.0 Å². The van der Waals surface area contributed by atoms with Gasteiger partial charge in [-0.1, -0.05) is 24.3 Å². The molecule has 0 amide bonds. The van der Waals surface area contributed by atoms with Gasteiger partial charge in [-0.15, -0.1) is 0 Å². The summed E-state index contributed by atoms with van der Waals surface area (Å²) in [6.45, 7) is 4.04. The maximum absolute atomic E-state index is 12.4. The Balaban J connectivity index is 2.18. The molecule has 21 heavy (non-hydrogen) atoms. The first kappa shape index (κ1) is 17.2. The first-order valence-electron chi connectivity index (χ1n) is 6.47. The summed E-state index contributed by atoms with van der Waals surface area (Å²) in [4.78, 5) is 0. The number of sulfone groups is 1. The minimum Gasteiger partial charge on any atom is -0.228 e. The molecule has 0 spiro atoms. The Morgan fingerprint density at radius 1 is 0.810 bits per heavy atom. The van der Waals surface area contributed by atoms with Crippen LogP contribution >= 0.6 is 45.2 Å². The Morgan fingerprint density at radius 3 is 1.52 bits per heavy atom. The van der Waals surface area contributed by atoms with Gasteiger partial charge < -0.3 is 0 Å². The molecule has 0 aliphatic carbocycles. The Bertz CT molecular complexity index is 708. The summed E-state index contributed by atoms with van der Waals surface area (Å²) in [7, 11) is -3.15. The standard InChI is InChI=1S/C16H16I2O2S/c1-11-3-5-13(7-15(11)17)9-21(19,20)10-14-6-4-12(2)16(18)8-14/h3-8H,9-10H2,1-2H3. The highest BCUT2D eigenvalue weighted by Crippen LogP contribution is 2.19. The van der Waals surface area contributed by atoms with Crippen LogP contribution in [0.4, 0.5) is 0 Å². The van der Waals surface area contributed by atoms with Crippen molar-refractivity contribution < 1.29 is 8.42 Å². The lowest BCUT2D eigenvalue weighted by Crippen LogP contribution is -2.08. The Kier molecular flexibility index (Phi) is 5.70. The molecule has 0 aliphatic rings. The van der Waals surface area contributed by atoms with Crippen LogP contribution in [0.1, 0.15) is 22.3 Å². The molecule has 0 bridgehead atoms. The summed E-state index contributed by atoms with van der Waals surface area (Å²) >= 11 is 4.47. The fourth-order valence-corrected chi connectivity index (χ4v) is 4.65. The van der Waals surface area contributed by atoms with E-state index >= 15 is 0 Å². The number of hydrogen-bond acceptors (Lipinski definition) is 2. The van der Waals surface area contributed by atoms with Crippen molar-refractivity contribution in [2.45, 2.75) is 25.4 Å². The van der Waals surface area contributed by atoms with Crippen LogP contribution in [0.3, 0.4) is 0 Å². The molecule has 0 aromatic heterocycles. The van der Waals surface area contributed by atoms with Crippen LogP contribution in [0.2, 0.25) is 0 Å². The monoisotopic (exact) mass is 526 g/mol. The summed E-state index contributed by atoms with van der Waals surface area (Å²) in [5.41, 5.74) is 4.05. The molecule has 0 aliphatic heterocycles. The second-order valence-electron chi connectivity index (χ2n) is 5.20. The molecule has 0 radical (unpaired) electrons. The van der Waals surface area contributed by atoms with Gasteiger partial charge in [0.15, 0.2) is 9.84 Å². The first-order valence-corrected chi connectivity index (χ1v) is 10.5. The zero-order valence-electron chi connectivity index (χ0n) is 11.9. The average Bonchev–Trinajstić information content (AvgIpc) is 2.37. The molecule has 0 heterocycles. The highest BCUT2D eigenvalue weighted by atomic mass is 127. The van der Waals surface area contributed by atoms with Crippen molar-refractivity contribution in [3.63, 3.8) is 0 Å². The van der Waals surface area contributed by atoms with E-state index in [9.17, 15) is 8.42 Å². The quantitative estimate of drug-likeness (QED) is 0.545. The van der Waals surface area contributed by atoms with Gasteiger partial charge in [-0.3, -0.25) is 0 Å². The van der Waals surface area contributed by atoms with Crippen molar-refractivity contribution in [3.8, 4) is 0 Å². The predicted octanol–water partition coefficient (Wildman–Crippen LogP) is 4.63. The molecular weight excluding hydrogens is 510 g/mol. The lowest BCUT2D eigenvalue weighted by molar-refractivity contribution is 0.594. The molecule has 112 valence electrons. The van der Waals surface area contributed by atoms with E-state index < -0.39 is 9.84 Å². The molecule has 0 unspecified atom stereocenters. The van der Waals surface area contributed by atoms with Crippen molar-refractivity contribution in [1.82, 2.24) is 0 Å². The normalized spacial score (nSPS) is 11.6. The molecule has 0 fully saturated rings. The highest BCUT2D eigenvalue weighted by molar-refractivity contribution is 14.1. The maximum Gasteiger partial charge on any atom is 0.158 e. The molecule has 0 saturated heterocycles. The summed E-state index contributed by atoms with van der Waals surface area (Å²) in [5, 5.41) is 0. The molecule has 5 heteroatoms. The fraction of sp³-hybridized carbons (Fsp3) is 0.250. The van der Waals surface area contributed by atoms with E-state index in [2.05, 4.69) is 45.2 Å². The van der Waals surface area contributed by atoms with Crippen LogP contribution in [-0.2, 0) is 21.3 Å². The lowest BCUT2D eigenvalue weighted by Gasteiger charge is -2.08. The van der Waals surface area contributed by atoms with E-state index in [-0.39, 0.29) is 11.5 Å². The Hall–Kier alpha value is -0.150. The van der Waals surface area contributed by atoms with Crippen molar-refractivity contribution in [3.05, 3.63) is 65.8 Å². The highest BCUT2D eigenvalue weighted by Gasteiger charge is 2.14. The summed E-state index contributed by atoms with van der Waals surface area (Å²) < 4.78 is 26.9. The van der Waals surface area contributed by atoms with Crippen LogP contribution in [0.15, 0.2) is 36.4 Å². The number of aryl methyl sites for hydroxylation is 2. The van der Waals surface area contributed by atoms with E-state index in [0.29, 0.717) is 0 Å². The van der Waals surface area contributed by atoms with Gasteiger partial charge in [0.25, 0.3) is 0 Å². The van der Waals surface area contributed by atoms with Crippen molar-refractivity contribution in [2.75, 3.05) is 0 Å². The van der Waals surface area contributed by atoms with Crippen LogP contribution in [-0.4, -0.2) is 8.42 Å². The van der Waals surface area contributed by atoms with Gasteiger partial charge in [0, 0.05) is 7.14 Å². The smallest absolute Gasteiger partial charge is 0.158 e. The van der Waals surface area contributed by atoms with Crippen LogP contribution in [0.5, 0.6) is 0 Å². The Labute approximate surface area is 153 Å². The number of rotatable bonds is 4. The third-order valence-corrected chi connectivity index (χ3v) is 7.12. The van der Waals surface area contributed by atoms with E-state index in [4.69, 9.17) is 0 Å². The lowest BCUT2D eigenvalue weighted by atomic mass is 10.2. The van der Waals surface area contributed by atoms with Crippen LogP contribution < -0.4 is 0 Å². The second kappa shape index (κ2) is 6.95. The number of benzene rings is 2. The molecule has 2 aromatic rings. The van der Waals surface area contributed by atoms with E-state index in [1.54, 1.807) is 0 Å². The molecule has 0 atom stereocenters. The molecule has 0 N–H and O–H groups in total. The van der Waals surface area contributed by atoms with Gasteiger partial charge in [-0.05, 0) is 93.4 Å². The van der Waals surface area contributed by atoms with Crippen molar-refractivity contribution in [1.29, 1.82) is 0 Å². The SMILES string of the molecule is Cc1ccc(CS(=O)(=O)Cc2ccc(C)c(I)c2)cc1I. The fourth-order valence-electron chi connectivity index (χ4n) is 2.01. The van der Waals surface area contributed by atoms with E-state index in [1.165, 1.54) is 11.1 Å². The van der Waals surface area contributed by atoms with Crippen LogP contribution in [0.25, 0.3) is 0 Å². The summed E-state index contributed by atoms with van der Waals surface area (Å²) in [5.74, 6) is 0.182. The molecule has 2 aromatic carbocycles.